The molecule has 0 saturated carbocycles. The first-order valence-corrected chi connectivity index (χ1v) is 8.81. The fourth-order valence-corrected chi connectivity index (χ4v) is 4.40. The van der Waals surface area contributed by atoms with E-state index in [0.29, 0.717) is 5.92 Å². The number of fused-ring (bicyclic) bond motifs is 1. The van der Waals surface area contributed by atoms with Crippen molar-refractivity contribution in [2.75, 3.05) is 19.6 Å². The molecule has 1 aliphatic heterocycles. The molecule has 6 heteroatoms. The van der Waals surface area contributed by atoms with Crippen LogP contribution in [0.4, 0.5) is 0 Å². The minimum Gasteiger partial charge on any atom is -0.330 e. The lowest BCUT2D eigenvalue weighted by Gasteiger charge is -2.32. The molecule has 0 aliphatic carbocycles. The highest BCUT2D eigenvalue weighted by molar-refractivity contribution is 7.18. The van der Waals surface area contributed by atoms with Gasteiger partial charge in [-0.2, -0.15) is 0 Å². The van der Waals surface area contributed by atoms with Gasteiger partial charge in [0.25, 0.3) is 5.56 Å². The molecular formula is C16H24N4OS. The van der Waals surface area contributed by atoms with Crippen LogP contribution in [0.5, 0.6) is 0 Å². The van der Waals surface area contributed by atoms with Gasteiger partial charge in [-0.25, -0.2) is 4.98 Å². The highest BCUT2D eigenvalue weighted by atomic mass is 32.1. The van der Waals surface area contributed by atoms with Gasteiger partial charge in [0.05, 0.1) is 11.9 Å². The number of nitrogens with two attached hydrogens (primary N) is 1. The van der Waals surface area contributed by atoms with Crippen LogP contribution in [-0.4, -0.2) is 34.5 Å². The van der Waals surface area contributed by atoms with Gasteiger partial charge in [-0.1, -0.05) is 0 Å². The van der Waals surface area contributed by atoms with E-state index in [0.717, 1.165) is 54.2 Å². The Hall–Kier alpha value is -1.24. The van der Waals surface area contributed by atoms with Gasteiger partial charge < -0.3 is 10.7 Å². The van der Waals surface area contributed by atoms with E-state index in [1.54, 1.807) is 11.3 Å². The van der Waals surface area contributed by atoms with Gasteiger partial charge >= 0.3 is 0 Å². The number of nitrogens with one attached hydrogen (secondary N) is 1. The van der Waals surface area contributed by atoms with Crippen molar-refractivity contribution in [1.29, 1.82) is 0 Å². The summed E-state index contributed by atoms with van der Waals surface area (Å²) in [5.74, 6) is 1.47. The number of piperidine rings is 1. The summed E-state index contributed by atoms with van der Waals surface area (Å²) in [5, 5.41) is 0.755. The van der Waals surface area contributed by atoms with E-state index in [1.165, 1.54) is 17.7 Å². The Labute approximate surface area is 134 Å². The number of nitrogens with zero attached hydrogens (tertiary/aromatic N) is 2. The molecule has 0 aromatic carbocycles. The Balaban J connectivity index is 1.81. The van der Waals surface area contributed by atoms with Crippen molar-refractivity contribution >= 4 is 21.6 Å². The topological polar surface area (TPSA) is 75.0 Å². The van der Waals surface area contributed by atoms with Crippen LogP contribution in [0.1, 0.15) is 35.5 Å². The normalized spacial score (nSPS) is 19.9. The van der Waals surface area contributed by atoms with Crippen molar-refractivity contribution in [1.82, 2.24) is 14.9 Å². The van der Waals surface area contributed by atoms with E-state index in [9.17, 15) is 4.79 Å². The summed E-state index contributed by atoms with van der Waals surface area (Å²) in [4.78, 5) is 24.4. The average molecular weight is 320 g/mol. The monoisotopic (exact) mass is 320 g/mol. The molecule has 120 valence electrons. The highest BCUT2D eigenvalue weighted by Crippen LogP contribution is 2.26. The lowest BCUT2D eigenvalue weighted by Crippen LogP contribution is -2.36. The summed E-state index contributed by atoms with van der Waals surface area (Å²) in [6, 6.07) is 0. The first kappa shape index (κ1) is 15.6. The predicted octanol–water partition coefficient (Wildman–Crippen LogP) is 2.16. The van der Waals surface area contributed by atoms with Crippen LogP contribution in [0.15, 0.2) is 4.79 Å². The Morgan fingerprint density at radius 2 is 2.27 bits per heavy atom. The third-order valence-electron chi connectivity index (χ3n) is 4.64. The van der Waals surface area contributed by atoms with Crippen molar-refractivity contribution in [3.05, 3.63) is 26.6 Å². The number of thiophene rings is 1. The molecule has 1 fully saturated rings. The van der Waals surface area contributed by atoms with Crippen LogP contribution in [0.3, 0.4) is 0 Å². The molecule has 1 aliphatic rings. The average Bonchev–Trinajstić information content (AvgIpc) is 2.75. The molecule has 1 saturated heterocycles. The van der Waals surface area contributed by atoms with Crippen molar-refractivity contribution < 1.29 is 0 Å². The number of hydrogen-bond acceptors (Lipinski definition) is 5. The predicted molar refractivity (Wildman–Crippen MR) is 91.4 cm³/mol. The fourth-order valence-electron chi connectivity index (χ4n) is 3.35. The van der Waals surface area contributed by atoms with Crippen molar-refractivity contribution in [2.45, 2.75) is 39.7 Å². The molecule has 22 heavy (non-hydrogen) atoms. The molecule has 3 heterocycles. The zero-order valence-electron chi connectivity index (χ0n) is 13.3. The molecule has 1 atom stereocenters. The Bertz CT molecular complexity index is 719. The summed E-state index contributed by atoms with van der Waals surface area (Å²) in [5.41, 5.74) is 6.73. The Morgan fingerprint density at radius 3 is 3.05 bits per heavy atom. The van der Waals surface area contributed by atoms with E-state index in [-0.39, 0.29) is 5.56 Å². The van der Waals surface area contributed by atoms with Crippen molar-refractivity contribution in [2.24, 2.45) is 11.7 Å². The number of H-pyrrole nitrogens is 1. The van der Waals surface area contributed by atoms with Crippen LogP contribution in [0, 0.1) is 19.8 Å². The minimum atomic E-state index is -0.00244. The van der Waals surface area contributed by atoms with Gasteiger partial charge in [0.1, 0.15) is 10.7 Å². The number of aryl methyl sites for hydroxylation is 2. The van der Waals surface area contributed by atoms with Gasteiger partial charge in [0.15, 0.2) is 0 Å². The second-order valence-corrected chi connectivity index (χ2v) is 7.50. The van der Waals surface area contributed by atoms with Crippen LogP contribution in [-0.2, 0) is 6.54 Å². The quantitative estimate of drug-likeness (QED) is 0.905. The van der Waals surface area contributed by atoms with Gasteiger partial charge in [-0.15, -0.1) is 11.3 Å². The third-order valence-corrected chi connectivity index (χ3v) is 5.74. The van der Waals surface area contributed by atoms with E-state index < -0.39 is 0 Å². The Morgan fingerprint density at radius 1 is 1.45 bits per heavy atom. The van der Waals surface area contributed by atoms with Gasteiger partial charge in [0.2, 0.25) is 0 Å². The number of aromatic nitrogens is 2. The molecule has 2 aromatic heterocycles. The zero-order valence-corrected chi connectivity index (χ0v) is 14.1. The second-order valence-electron chi connectivity index (χ2n) is 6.30. The van der Waals surface area contributed by atoms with E-state index in [1.807, 2.05) is 13.8 Å². The largest absolute Gasteiger partial charge is 0.330 e. The molecule has 0 bridgehead atoms. The van der Waals surface area contributed by atoms with Gasteiger partial charge in [0, 0.05) is 11.4 Å². The fraction of sp³-hybridized carbons (Fsp3) is 0.625. The van der Waals surface area contributed by atoms with Crippen LogP contribution >= 0.6 is 11.3 Å². The number of likely N-dealkylation sites (tertiary alicyclic amines) is 1. The van der Waals surface area contributed by atoms with Crippen LogP contribution in [0.2, 0.25) is 0 Å². The molecule has 5 nitrogen and oxygen atoms in total. The van der Waals surface area contributed by atoms with E-state index in [2.05, 4.69) is 14.9 Å². The summed E-state index contributed by atoms with van der Waals surface area (Å²) in [6.07, 6.45) is 3.55. The molecule has 1 unspecified atom stereocenters. The molecule has 0 radical (unpaired) electrons. The lowest BCUT2D eigenvalue weighted by molar-refractivity contribution is 0.160. The molecule has 3 rings (SSSR count). The van der Waals surface area contributed by atoms with Crippen molar-refractivity contribution in [3.8, 4) is 0 Å². The summed E-state index contributed by atoms with van der Waals surface area (Å²) < 4.78 is 0. The van der Waals surface area contributed by atoms with Gasteiger partial charge in [-0.05, 0) is 57.7 Å². The lowest BCUT2D eigenvalue weighted by atomic mass is 9.95. The Kier molecular flexibility index (Phi) is 4.61. The van der Waals surface area contributed by atoms with E-state index in [4.69, 9.17) is 5.73 Å². The second kappa shape index (κ2) is 6.48. The maximum absolute atomic E-state index is 12.3. The maximum atomic E-state index is 12.3. The van der Waals surface area contributed by atoms with Crippen LogP contribution < -0.4 is 11.3 Å². The number of aromatic amines is 1. The van der Waals surface area contributed by atoms with Gasteiger partial charge in [-0.3, -0.25) is 9.69 Å². The molecule has 2 aromatic rings. The maximum Gasteiger partial charge on any atom is 0.259 e. The number of hydrogen-bond donors (Lipinski definition) is 2. The molecule has 0 amide bonds. The molecule has 0 spiro atoms. The zero-order chi connectivity index (χ0) is 15.7. The third kappa shape index (κ3) is 3.09. The smallest absolute Gasteiger partial charge is 0.259 e. The van der Waals surface area contributed by atoms with Crippen LogP contribution in [0.25, 0.3) is 10.2 Å². The minimum absolute atomic E-state index is 0.00244. The highest BCUT2D eigenvalue weighted by Gasteiger charge is 2.20. The molecule has 3 N–H and O–H groups in total. The first-order valence-electron chi connectivity index (χ1n) is 7.99. The summed E-state index contributed by atoms with van der Waals surface area (Å²) in [6.45, 7) is 7.65. The van der Waals surface area contributed by atoms with E-state index >= 15 is 0 Å². The summed E-state index contributed by atoms with van der Waals surface area (Å²) >= 11 is 1.61. The first-order chi connectivity index (χ1) is 10.6. The SMILES string of the molecule is Cc1sc2nc(CN3CCCC(CCN)C3)[nH]c(=O)c2c1C. The standard InChI is InChI=1S/C16H24N4OS/c1-10-11(2)22-16-14(10)15(21)18-13(19-16)9-20-7-3-4-12(8-20)5-6-17/h12H,3-9,17H2,1-2H3,(H,18,19,21). The van der Waals surface area contributed by atoms with Crippen molar-refractivity contribution in [3.63, 3.8) is 0 Å². The summed E-state index contributed by atoms with van der Waals surface area (Å²) in [7, 11) is 0. The molecular weight excluding hydrogens is 296 g/mol. The number of rotatable bonds is 4.